The number of benzene rings is 1. The fraction of sp³-hybridized carbons (Fsp3) is 0.0769. The van der Waals surface area contributed by atoms with Crippen molar-refractivity contribution in [1.82, 2.24) is 0 Å². The number of oxime groups is 1. The summed E-state index contributed by atoms with van der Waals surface area (Å²) in [6, 6.07) is 9.50. The second kappa shape index (κ2) is 6.14. The summed E-state index contributed by atoms with van der Waals surface area (Å²) in [6.45, 7) is 1.60. The number of nitro groups is 1. The minimum absolute atomic E-state index is 0.0958. The van der Waals surface area contributed by atoms with Gasteiger partial charge in [0.1, 0.15) is 0 Å². The van der Waals surface area contributed by atoms with Crippen LogP contribution < -0.4 is 5.32 Å². The number of hydrogen-bond acceptors (Lipinski definition) is 6. The van der Waals surface area contributed by atoms with E-state index in [-0.39, 0.29) is 9.88 Å². The van der Waals surface area contributed by atoms with Crippen LogP contribution in [0.15, 0.2) is 41.6 Å². The normalized spacial score (nSPS) is 11.2. The molecule has 0 aliphatic heterocycles. The molecular weight excluding hydrogens is 294 g/mol. The van der Waals surface area contributed by atoms with E-state index in [0.29, 0.717) is 17.0 Å². The molecule has 0 spiro atoms. The minimum Gasteiger partial charge on any atom is -0.411 e. The number of thiophene rings is 1. The van der Waals surface area contributed by atoms with Crippen LogP contribution in [0.1, 0.15) is 22.2 Å². The molecule has 0 aliphatic rings. The summed E-state index contributed by atoms with van der Waals surface area (Å²) < 4.78 is 0. The maximum absolute atomic E-state index is 12.1. The Morgan fingerprint density at radius 3 is 2.67 bits per heavy atom. The van der Waals surface area contributed by atoms with Gasteiger partial charge in [-0.2, -0.15) is 0 Å². The van der Waals surface area contributed by atoms with Gasteiger partial charge in [0.25, 0.3) is 5.91 Å². The van der Waals surface area contributed by atoms with Crippen LogP contribution in [0.4, 0.5) is 10.7 Å². The van der Waals surface area contributed by atoms with E-state index in [1.165, 1.54) is 12.1 Å². The largest absolute Gasteiger partial charge is 0.411 e. The first-order chi connectivity index (χ1) is 10.0. The zero-order chi connectivity index (χ0) is 15.4. The summed E-state index contributed by atoms with van der Waals surface area (Å²) in [5, 5.41) is 25.1. The number of para-hydroxylation sites is 1. The Hall–Kier alpha value is -2.74. The lowest BCUT2D eigenvalue weighted by molar-refractivity contribution is -0.380. The van der Waals surface area contributed by atoms with Crippen LogP contribution in [0.3, 0.4) is 0 Å². The molecule has 0 saturated heterocycles. The van der Waals surface area contributed by atoms with Crippen molar-refractivity contribution in [2.45, 2.75) is 6.92 Å². The lowest BCUT2D eigenvalue weighted by Crippen LogP contribution is -2.13. The first kappa shape index (κ1) is 14.7. The van der Waals surface area contributed by atoms with Crippen molar-refractivity contribution in [3.63, 3.8) is 0 Å². The molecule has 1 aromatic heterocycles. The van der Waals surface area contributed by atoms with Gasteiger partial charge in [0.2, 0.25) is 0 Å². The Kier molecular flexibility index (Phi) is 4.29. The van der Waals surface area contributed by atoms with Gasteiger partial charge in [0, 0.05) is 11.6 Å². The molecule has 1 aromatic carbocycles. The SMILES string of the molecule is C/C(=N/O)c1ccccc1NC(=O)c1ccc([N+](=O)[O-])s1. The van der Waals surface area contributed by atoms with E-state index in [1.54, 1.807) is 31.2 Å². The lowest BCUT2D eigenvalue weighted by Gasteiger charge is -2.09. The highest BCUT2D eigenvalue weighted by Crippen LogP contribution is 2.25. The number of carbonyl (C=O) groups is 1. The van der Waals surface area contributed by atoms with Crippen LogP contribution in [0, 0.1) is 10.1 Å². The van der Waals surface area contributed by atoms with E-state index in [0.717, 1.165) is 11.3 Å². The maximum atomic E-state index is 12.1. The van der Waals surface area contributed by atoms with Gasteiger partial charge in [0.05, 0.1) is 21.2 Å². The number of rotatable bonds is 4. The van der Waals surface area contributed by atoms with Gasteiger partial charge in [-0.05, 0) is 19.1 Å². The number of nitrogens with one attached hydrogen (secondary N) is 1. The van der Waals surface area contributed by atoms with Crippen LogP contribution in [0.2, 0.25) is 0 Å². The van der Waals surface area contributed by atoms with Crippen LogP contribution in [-0.2, 0) is 0 Å². The van der Waals surface area contributed by atoms with Gasteiger partial charge in [-0.3, -0.25) is 14.9 Å². The van der Waals surface area contributed by atoms with Crippen LogP contribution >= 0.6 is 11.3 Å². The zero-order valence-corrected chi connectivity index (χ0v) is 11.8. The Morgan fingerprint density at radius 1 is 1.33 bits per heavy atom. The summed E-state index contributed by atoms with van der Waals surface area (Å²) in [6.07, 6.45) is 0. The van der Waals surface area contributed by atoms with Crippen LogP contribution in [-0.4, -0.2) is 21.7 Å². The average Bonchev–Trinajstić information content (AvgIpc) is 2.97. The molecule has 0 radical (unpaired) electrons. The van der Waals surface area contributed by atoms with E-state index in [1.807, 2.05) is 0 Å². The summed E-state index contributed by atoms with van der Waals surface area (Å²) in [7, 11) is 0. The van der Waals surface area contributed by atoms with Crippen molar-refractivity contribution in [1.29, 1.82) is 0 Å². The fourth-order valence-electron chi connectivity index (χ4n) is 1.69. The highest BCUT2D eigenvalue weighted by Gasteiger charge is 2.16. The first-order valence-electron chi connectivity index (χ1n) is 5.86. The number of anilines is 1. The molecule has 1 heterocycles. The standard InChI is InChI=1S/C13H11N3O4S/c1-8(15-18)9-4-2-3-5-10(9)14-13(17)11-6-7-12(21-11)16(19)20/h2-7,18H,1H3,(H,14,17)/b15-8-. The maximum Gasteiger partial charge on any atom is 0.324 e. The molecule has 21 heavy (non-hydrogen) atoms. The van der Waals surface area contributed by atoms with Crippen molar-refractivity contribution >= 4 is 33.6 Å². The Bertz CT molecular complexity index is 724. The third-order valence-corrected chi connectivity index (χ3v) is 3.75. The zero-order valence-electron chi connectivity index (χ0n) is 10.9. The van der Waals surface area contributed by atoms with Crippen molar-refractivity contribution in [2.75, 3.05) is 5.32 Å². The van der Waals surface area contributed by atoms with Crippen molar-refractivity contribution in [3.05, 3.63) is 57.0 Å². The number of nitrogens with zero attached hydrogens (tertiary/aromatic N) is 2. The van der Waals surface area contributed by atoms with Gasteiger partial charge >= 0.3 is 5.00 Å². The molecule has 2 N–H and O–H groups in total. The Morgan fingerprint density at radius 2 is 2.05 bits per heavy atom. The third kappa shape index (κ3) is 3.23. The summed E-state index contributed by atoms with van der Waals surface area (Å²) >= 11 is 0.798. The quantitative estimate of drug-likeness (QED) is 0.392. The van der Waals surface area contributed by atoms with Crippen molar-refractivity contribution in [3.8, 4) is 0 Å². The topological polar surface area (TPSA) is 105 Å². The van der Waals surface area contributed by atoms with Crippen LogP contribution in [0.25, 0.3) is 0 Å². The molecule has 7 nitrogen and oxygen atoms in total. The fourth-order valence-corrected chi connectivity index (χ4v) is 2.41. The Balaban J connectivity index is 2.25. The highest BCUT2D eigenvalue weighted by molar-refractivity contribution is 7.17. The smallest absolute Gasteiger partial charge is 0.324 e. The minimum atomic E-state index is -0.544. The van der Waals surface area contributed by atoms with E-state index < -0.39 is 10.8 Å². The highest BCUT2D eigenvalue weighted by atomic mass is 32.1. The van der Waals surface area contributed by atoms with E-state index in [9.17, 15) is 14.9 Å². The molecule has 2 aromatic rings. The molecule has 0 bridgehead atoms. The molecule has 8 heteroatoms. The molecule has 0 saturated carbocycles. The number of hydrogen-bond donors (Lipinski definition) is 2. The second-order valence-corrected chi connectivity index (χ2v) is 5.14. The van der Waals surface area contributed by atoms with Gasteiger partial charge in [-0.15, -0.1) is 0 Å². The predicted molar refractivity (Wildman–Crippen MR) is 79.4 cm³/mol. The molecule has 2 rings (SSSR count). The van der Waals surface area contributed by atoms with Gasteiger partial charge in [-0.25, -0.2) is 0 Å². The summed E-state index contributed by atoms with van der Waals surface area (Å²) in [5.74, 6) is -0.453. The first-order valence-corrected chi connectivity index (χ1v) is 6.68. The van der Waals surface area contributed by atoms with Crippen molar-refractivity contribution in [2.24, 2.45) is 5.16 Å². The Labute approximate surface area is 123 Å². The summed E-state index contributed by atoms with van der Waals surface area (Å²) in [4.78, 5) is 22.4. The predicted octanol–water partition coefficient (Wildman–Crippen LogP) is 3.11. The second-order valence-electron chi connectivity index (χ2n) is 4.08. The monoisotopic (exact) mass is 305 g/mol. The van der Waals surface area contributed by atoms with Crippen LogP contribution in [0.5, 0.6) is 0 Å². The molecule has 0 fully saturated rings. The summed E-state index contributed by atoms with van der Waals surface area (Å²) in [5.41, 5.74) is 1.39. The average molecular weight is 305 g/mol. The van der Waals surface area contributed by atoms with Gasteiger partial charge in [-0.1, -0.05) is 34.7 Å². The number of carbonyl (C=O) groups excluding carboxylic acids is 1. The molecule has 0 unspecified atom stereocenters. The van der Waals surface area contributed by atoms with Gasteiger partial charge < -0.3 is 10.5 Å². The van der Waals surface area contributed by atoms with E-state index in [2.05, 4.69) is 10.5 Å². The molecule has 1 amide bonds. The lowest BCUT2D eigenvalue weighted by atomic mass is 10.1. The van der Waals surface area contributed by atoms with Gasteiger partial charge in [0.15, 0.2) is 0 Å². The number of amides is 1. The molecule has 0 aliphatic carbocycles. The van der Waals surface area contributed by atoms with E-state index in [4.69, 9.17) is 5.21 Å². The van der Waals surface area contributed by atoms with Crippen molar-refractivity contribution < 1.29 is 14.9 Å². The third-order valence-electron chi connectivity index (χ3n) is 2.71. The molecule has 0 atom stereocenters. The molecule has 108 valence electrons. The van der Waals surface area contributed by atoms with E-state index >= 15 is 0 Å². The molecular formula is C13H11N3O4S.